The number of benzene rings is 1. The largest absolute Gasteiger partial charge is 0.508 e. The first-order chi connectivity index (χ1) is 12.7. The summed E-state index contributed by atoms with van der Waals surface area (Å²) in [4.78, 5) is 12.6. The van der Waals surface area contributed by atoms with Gasteiger partial charge in [0.05, 0.1) is 6.10 Å². The molecule has 1 amide bonds. The minimum atomic E-state index is -0.169. The zero-order chi connectivity index (χ0) is 19.6. The van der Waals surface area contributed by atoms with Crippen LogP contribution in [-0.2, 0) is 9.53 Å². The predicted molar refractivity (Wildman–Crippen MR) is 106 cm³/mol. The number of aromatic hydroxyl groups is 1. The molecule has 1 aromatic rings. The first-order valence-corrected chi connectivity index (χ1v) is 10.4. The van der Waals surface area contributed by atoms with Crippen molar-refractivity contribution in [3.8, 4) is 5.75 Å². The molecule has 2 bridgehead atoms. The Morgan fingerprint density at radius 2 is 2.11 bits per heavy atom. The topological polar surface area (TPSA) is 58.6 Å². The second-order valence-electron chi connectivity index (χ2n) is 9.64. The van der Waals surface area contributed by atoms with Crippen molar-refractivity contribution >= 4 is 17.5 Å². The number of hydrogen-bond acceptors (Lipinski definition) is 3. The van der Waals surface area contributed by atoms with Gasteiger partial charge in [0.1, 0.15) is 5.75 Å². The molecule has 27 heavy (non-hydrogen) atoms. The highest BCUT2D eigenvalue weighted by Crippen LogP contribution is 2.70. The van der Waals surface area contributed by atoms with E-state index in [9.17, 15) is 9.90 Å². The van der Waals surface area contributed by atoms with Crippen LogP contribution in [0.1, 0.15) is 58.6 Å². The zero-order valence-electron chi connectivity index (χ0n) is 16.6. The van der Waals surface area contributed by atoms with E-state index in [1.54, 1.807) is 12.1 Å². The summed E-state index contributed by atoms with van der Waals surface area (Å²) in [6.07, 6.45) is 2.97. The Bertz CT molecular complexity index is 762. The Morgan fingerprint density at radius 3 is 2.81 bits per heavy atom. The number of amides is 1. The number of carbonyl (C=O) groups is 1. The molecule has 5 atom stereocenters. The predicted octanol–water partition coefficient (Wildman–Crippen LogP) is 4.70. The number of hydrogen-bond donors (Lipinski definition) is 2. The quantitative estimate of drug-likeness (QED) is 0.785. The summed E-state index contributed by atoms with van der Waals surface area (Å²) in [5.74, 6) is 1.17. The number of nitrogens with one attached hydrogen (secondary N) is 1. The van der Waals surface area contributed by atoms with Gasteiger partial charge in [-0.2, -0.15) is 0 Å². The Balaban J connectivity index is 1.72. The number of carbonyl (C=O) groups excluding carboxylic acids is 1. The number of phenols is 1. The van der Waals surface area contributed by atoms with E-state index >= 15 is 0 Å². The molecule has 0 unspecified atom stereocenters. The van der Waals surface area contributed by atoms with Crippen molar-refractivity contribution in [2.45, 2.75) is 59.1 Å². The smallest absolute Gasteiger partial charge is 0.222 e. The van der Waals surface area contributed by atoms with Crippen LogP contribution in [-0.4, -0.2) is 23.7 Å². The van der Waals surface area contributed by atoms with Crippen LogP contribution >= 0.6 is 11.6 Å². The molecular weight excluding hydrogens is 362 g/mol. The molecule has 1 aliphatic heterocycles. The molecule has 0 radical (unpaired) electrons. The highest BCUT2D eigenvalue weighted by atomic mass is 35.5. The number of ether oxygens (including phenoxy) is 1. The monoisotopic (exact) mass is 391 g/mol. The van der Waals surface area contributed by atoms with Gasteiger partial charge in [-0.15, -0.1) is 0 Å². The molecule has 1 spiro atoms. The number of phenolic OH excluding ortho intramolecular Hbond substituents is 1. The Hall–Kier alpha value is -1.26. The van der Waals surface area contributed by atoms with Crippen molar-refractivity contribution < 1.29 is 14.6 Å². The average molecular weight is 392 g/mol. The van der Waals surface area contributed by atoms with Gasteiger partial charge in [0.25, 0.3) is 0 Å². The molecule has 5 heteroatoms. The molecular formula is C22H30ClNO3. The third-order valence-corrected chi connectivity index (χ3v) is 7.85. The lowest BCUT2D eigenvalue weighted by molar-refractivity contribution is -0.139. The fourth-order valence-electron chi connectivity index (χ4n) is 6.16. The molecule has 4 rings (SSSR count). The summed E-state index contributed by atoms with van der Waals surface area (Å²) in [7, 11) is 0. The van der Waals surface area contributed by atoms with Gasteiger partial charge in [-0.3, -0.25) is 4.79 Å². The first kappa shape index (κ1) is 19.1. The Morgan fingerprint density at radius 1 is 1.37 bits per heavy atom. The molecule has 4 nitrogen and oxygen atoms in total. The van der Waals surface area contributed by atoms with Crippen LogP contribution in [0, 0.1) is 28.6 Å². The van der Waals surface area contributed by atoms with Crippen molar-refractivity contribution in [2.75, 3.05) is 6.61 Å². The second-order valence-corrected chi connectivity index (χ2v) is 10.1. The number of halogens is 1. The van der Waals surface area contributed by atoms with E-state index in [2.05, 4.69) is 19.2 Å². The van der Waals surface area contributed by atoms with Crippen LogP contribution in [0.2, 0.25) is 5.02 Å². The molecule has 1 saturated heterocycles. The van der Waals surface area contributed by atoms with E-state index in [0.29, 0.717) is 17.5 Å². The van der Waals surface area contributed by atoms with Gasteiger partial charge in [-0.25, -0.2) is 0 Å². The zero-order valence-corrected chi connectivity index (χ0v) is 17.3. The molecule has 3 fully saturated rings. The van der Waals surface area contributed by atoms with E-state index in [-0.39, 0.29) is 46.5 Å². The first-order valence-electron chi connectivity index (χ1n) is 10.1. The fraction of sp³-hybridized carbons (Fsp3) is 0.682. The Labute approximate surface area is 166 Å². The highest BCUT2D eigenvalue weighted by molar-refractivity contribution is 6.30. The summed E-state index contributed by atoms with van der Waals surface area (Å²) in [6.45, 7) is 9.14. The maximum absolute atomic E-state index is 12.6. The Kier molecular flexibility index (Phi) is 4.51. The summed E-state index contributed by atoms with van der Waals surface area (Å²) >= 11 is 6.21. The van der Waals surface area contributed by atoms with Gasteiger partial charge >= 0.3 is 0 Å². The van der Waals surface area contributed by atoms with Crippen molar-refractivity contribution in [1.82, 2.24) is 5.32 Å². The van der Waals surface area contributed by atoms with E-state index in [0.717, 1.165) is 24.8 Å². The highest BCUT2D eigenvalue weighted by Gasteiger charge is 2.68. The minimum Gasteiger partial charge on any atom is -0.508 e. The van der Waals surface area contributed by atoms with Gasteiger partial charge in [0, 0.05) is 29.2 Å². The number of fused-ring (bicyclic) bond motifs is 1. The average Bonchev–Trinajstić information content (AvgIpc) is 3.09. The fourth-order valence-corrected chi connectivity index (χ4v) is 6.34. The van der Waals surface area contributed by atoms with Gasteiger partial charge in [0.15, 0.2) is 0 Å². The molecule has 0 aromatic heterocycles. The SMILES string of the molecule is CC(C)C(=O)N[C@@H]1C(C)(C)[C@@H]2C[C@@H]3[C@@H](c4cc(Cl)ccc4O)OCC[C@@]31C2. The molecule has 1 aromatic carbocycles. The normalized spacial score (nSPS) is 36.7. The van der Waals surface area contributed by atoms with E-state index in [1.165, 1.54) is 0 Å². The van der Waals surface area contributed by atoms with Crippen LogP contribution in [0.3, 0.4) is 0 Å². The minimum absolute atomic E-state index is 0.0242. The maximum Gasteiger partial charge on any atom is 0.222 e. The van der Waals surface area contributed by atoms with Gasteiger partial charge < -0.3 is 15.2 Å². The second kappa shape index (κ2) is 6.38. The van der Waals surface area contributed by atoms with Crippen LogP contribution in [0.4, 0.5) is 0 Å². The van der Waals surface area contributed by atoms with Crippen LogP contribution < -0.4 is 5.32 Å². The van der Waals surface area contributed by atoms with Crippen LogP contribution in [0.15, 0.2) is 18.2 Å². The molecule has 2 N–H and O–H groups in total. The van der Waals surface area contributed by atoms with Gasteiger partial charge in [-0.1, -0.05) is 39.3 Å². The molecule has 148 valence electrons. The van der Waals surface area contributed by atoms with Gasteiger partial charge in [0.2, 0.25) is 5.91 Å². The molecule has 3 aliphatic rings. The third-order valence-electron chi connectivity index (χ3n) is 7.61. The van der Waals surface area contributed by atoms with E-state index in [4.69, 9.17) is 16.3 Å². The number of rotatable bonds is 3. The van der Waals surface area contributed by atoms with Crippen molar-refractivity contribution in [2.24, 2.45) is 28.6 Å². The summed E-state index contributed by atoms with van der Waals surface area (Å²) in [6, 6.07) is 5.32. The molecule has 2 aliphatic carbocycles. The van der Waals surface area contributed by atoms with Gasteiger partial charge in [-0.05, 0) is 60.1 Å². The molecule has 1 heterocycles. The summed E-state index contributed by atoms with van der Waals surface area (Å²) in [5.41, 5.74) is 0.876. The lowest BCUT2D eigenvalue weighted by Gasteiger charge is -2.53. The summed E-state index contributed by atoms with van der Waals surface area (Å²) in [5, 5.41) is 14.5. The summed E-state index contributed by atoms with van der Waals surface area (Å²) < 4.78 is 6.20. The standard InChI is InChI=1S/C22H30ClNO3/c1-12(2)19(26)24-20-21(3,4)13-9-16-18(27-8-7-22(16,20)11-13)15-10-14(23)5-6-17(15)25/h5-6,10,12-13,16,18,20,25H,7-9,11H2,1-4H3,(H,24,26)/t13-,16-,18-,20-,22-/m1/s1. The van der Waals surface area contributed by atoms with Crippen molar-refractivity contribution in [3.05, 3.63) is 28.8 Å². The lowest BCUT2D eigenvalue weighted by atomic mass is 9.58. The van der Waals surface area contributed by atoms with Crippen LogP contribution in [0.5, 0.6) is 5.75 Å². The van der Waals surface area contributed by atoms with Crippen LogP contribution in [0.25, 0.3) is 0 Å². The maximum atomic E-state index is 12.6. The lowest BCUT2D eigenvalue weighted by Crippen LogP contribution is -2.59. The molecule has 2 saturated carbocycles. The van der Waals surface area contributed by atoms with E-state index in [1.807, 2.05) is 19.9 Å². The van der Waals surface area contributed by atoms with Crippen molar-refractivity contribution in [3.63, 3.8) is 0 Å². The van der Waals surface area contributed by atoms with E-state index < -0.39 is 0 Å². The third kappa shape index (κ3) is 2.79. The van der Waals surface area contributed by atoms with Crippen molar-refractivity contribution in [1.29, 1.82) is 0 Å².